The molecule has 6 nitrogen and oxygen atoms in total. The van der Waals surface area contributed by atoms with Crippen LogP contribution in [0.4, 0.5) is 5.82 Å². The third kappa shape index (κ3) is 3.56. The van der Waals surface area contributed by atoms with Gasteiger partial charge < -0.3 is 9.80 Å². The molecule has 0 bridgehead atoms. The molecule has 148 valence electrons. The lowest BCUT2D eigenvalue weighted by atomic mass is 10.1. The van der Waals surface area contributed by atoms with Gasteiger partial charge in [0, 0.05) is 26.2 Å². The van der Waals surface area contributed by atoms with Gasteiger partial charge in [-0.25, -0.2) is 14.6 Å². The van der Waals surface area contributed by atoms with Gasteiger partial charge in [-0.2, -0.15) is 5.10 Å². The van der Waals surface area contributed by atoms with Crippen LogP contribution < -0.4 is 4.90 Å². The van der Waals surface area contributed by atoms with E-state index in [1.165, 1.54) is 24.0 Å². The summed E-state index contributed by atoms with van der Waals surface area (Å²) in [6.07, 6.45) is 5.03. The molecular weight excluding hydrogens is 336 g/mol. The van der Waals surface area contributed by atoms with E-state index in [9.17, 15) is 0 Å². The molecule has 27 heavy (non-hydrogen) atoms. The van der Waals surface area contributed by atoms with Crippen LogP contribution in [0.3, 0.4) is 0 Å². The Bertz CT molecular complexity index is 783. The minimum Gasteiger partial charge on any atom is -0.355 e. The van der Waals surface area contributed by atoms with Gasteiger partial charge >= 0.3 is 0 Å². The highest BCUT2D eigenvalue weighted by Crippen LogP contribution is 2.53. The highest BCUT2D eigenvalue weighted by atomic mass is 15.3. The van der Waals surface area contributed by atoms with E-state index in [-0.39, 0.29) is 0 Å². The number of rotatable bonds is 8. The van der Waals surface area contributed by atoms with Crippen LogP contribution in [0.25, 0.3) is 11.0 Å². The van der Waals surface area contributed by atoms with Crippen molar-refractivity contribution < 1.29 is 0 Å². The Labute approximate surface area is 163 Å². The van der Waals surface area contributed by atoms with Crippen molar-refractivity contribution in [1.82, 2.24) is 24.6 Å². The summed E-state index contributed by atoms with van der Waals surface area (Å²) in [4.78, 5) is 14.2. The summed E-state index contributed by atoms with van der Waals surface area (Å²) in [5.41, 5.74) is 2.20. The first-order chi connectivity index (χ1) is 13.0. The first-order valence-corrected chi connectivity index (χ1v) is 10.6. The Hall–Kier alpha value is -1.69. The van der Waals surface area contributed by atoms with Gasteiger partial charge in [0.1, 0.15) is 12.1 Å². The molecule has 2 aromatic heterocycles. The molecule has 0 amide bonds. The summed E-state index contributed by atoms with van der Waals surface area (Å²) >= 11 is 0. The molecule has 1 saturated heterocycles. The van der Waals surface area contributed by atoms with Crippen molar-refractivity contribution in [3.05, 3.63) is 12.0 Å². The zero-order valence-corrected chi connectivity index (χ0v) is 17.5. The summed E-state index contributed by atoms with van der Waals surface area (Å²) in [5, 5.41) is 6.17. The van der Waals surface area contributed by atoms with E-state index in [0.717, 1.165) is 61.7 Å². The van der Waals surface area contributed by atoms with Crippen molar-refractivity contribution in [3.63, 3.8) is 0 Å². The summed E-state index contributed by atoms with van der Waals surface area (Å²) < 4.78 is 2.12. The topological polar surface area (TPSA) is 50.1 Å². The van der Waals surface area contributed by atoms with Crippen LogP contribution in [-0.4, -0.2) is 58.4 Å². The van der Waals surface area contributed by atoms with E-state index in [4.69, 9.17) is 10.1 Å². The van der Waals surface area contributed by atoms with Crippen molar-refractivity contribution in [2.45, 2.75) is 46.6 Å². The number of piperidine rings is 1. The molecule has 6 heteroatoms. The second kappa shape index (κ2) is 7.38. The van der Waals surface area contributed by atoms with Crippen molar-refractivity contribution in [2.75, 3.05) is 38.6 Å². The minimum absolute atomic E-state index is 0.576. The predicted molar refractivity (Wildman–Crippen MR) is 110 cm³/mol. The number of hydrogen-bond donors (Lipinski definition) is 0. The molecule has 1 saturated carbocycles. The molecule has 2 aromatic rings. The maximum absolute atomic E-state index is 4.96. The average molecular weight is 371 g/mol. The Morgan fingerprint density at radius 1 is 1.19 bits per heavy atom. The summed E-state index contributed by atoms with van der Waals surface area (Å²) in [7, 11) is 4.37. The van der Waals surface area contributed by atoms with Crippen molar-refractivity contribution >= 4 is 16.9 Å². The van der Waals surface area contributed by atoms with E-state index in [1.54, 1.807) is 6.33 Å². The molecular formula is C21H34N6. The molecule has 3 heterocycles. The Balaban J connectivity index is 1.63. The molecule has 0 radical (unpaired) electrons. The Morgan fingerprint density at radius 3 is 2.56 bits per heavy atom. The molecule has 1 aliphatic carbocycles. The Kier molecular flexibility index (Phi) is 5.10. The summed E-state index contributed by atoms with van der Waals surface area (Å²) in [5.74, 6) is 4.24. The second-order valence-electron chi connectivity index (χ2n) is 9.18. The zero-order chi connectivity index (χ0) is 19.1. The van der Waals surface area contributed by atoms with E-state index in [1.807, 2.05) is 0 Å². The van der Waals surface area contributed by atoms with Gasteiger partial charge in [0.25, 0.3) is 0 Å². The van der Waals surface area contributed by atoms with Gasteiger partial charge in [-0.05, 0) is 50.6 Å². The number of fused-ring (bicyclic) bond motifs is 2. The Morgan fingerprint density at radius 2 is 1.93 bits per heavy atom. The molecule has 0 spiro atoms. The number of hydrogen-bond acceptors (Lipinski definition) is 5. The lowest BCUT2D eigenvalue weighted by Crippen LogP contribution is -2.28. The number of unbranched alkanes of at least 4 members (excludes halogenated alkanes) is 1. The lowest BCUT2D eigenvalue weighted by Gasteiger charge is -2.22. The van der Waals surface area contributed by atoms with Crippen LogP contribution >= 0.6 is 0 Å². The van der Waals surface area contributed by atoms with Gasteiger partial charge in [-0.1, -0.05) is 27.2 Å². The molecule has 3 atom stereocenters. The second-order valence-corrected chi connectivity index (χ2v) is 9.18. The normalized spacial score (nSPS) is 24.4. The van der Waals surface area contributed by atoms with E-state index < -0.39 is 0 Å². The van der Waals surface area contributed by atoms with Gasteiger partial charge in [0.2, 0.25) is 0 Å². The molecule has 2 fully saturated rings. The molecule has 4 rings (SSSR count). The van der Waals surface area contributed by atoms with Crippen molar-refractivity contribution in [3.8, 4) is 0 Å². The number of aryl methyl sites for hydroxylation is 1. The summed E-state index contributed by atoms with van der Waals surface area (Å²) in [6, 6.07) is 0. The fourth-order valence-electron chi connectivity index (χ4n) is 4.81. The standard InChI is InChI=1S/C21H34N6/c1-6-7-8-27-21-19(18(24-27)9-14(2)3)20(22-13-23-21)26-11-16-15(10-25(4)5)17(16)12-26/h13-17H,6-12H2,1-5H3/t15?,16-,17+. The third-order valence-corrected chi connectivity index (χ3v) is 6.15. The van der Waals surface area contributed by atoms with E-state index >= 15 is 0 Å². The van der Waals surface area contributed by atoms with Crippen molar-refractivity contribution in [2.24, 2.45) is 23.7 Å². The fraction of sp³-hybridized carbons (Fsp3) is 0.762. The SMILES string of the molecule is CCCCn1nc(CC(C)C)c2c(N3C[C@@H]4C(CN(C)C)[C@@H]4C3)ncnc21. The molecule has 0 N–H and O–H groups in total. The maximum Gasteiger partial charge on any atom is 0.163 e. The van der Waals surface area contributed by atoms with Gasteiger partial charge in [0.15, 0.2) is 5.65 Å². The van der Waals surface area contributed by atoms with Crippen molar-refractivity contribution in [1.29, 1.82) is 0 Å². The average Bonchev–Trinajstić information content (AvgIpc) is 2.98. The third-order valence-electron chi connectivity index (χ3n) is 6.15. The van der Waals surface area contributed by atoms with E-state index in [2.05, 4.69) is 54.3 Å². The molecule has 0 aromatic carbocycles. The molecule has 1 aliphatic heterocycles. The van der Waals surface area contributed by atoms with Crippen LogP contribution in [0, 0.1) is 23.7 Å². The van der Waals surface area contributed by atoms with Crippen LogP contribution in [0.1, 0.15) is 39.3 Å². The van der Waals surface area contributed by atoms with Crippen LogP contribution in [0.15, 0.2) is 6.33 Å². The smallest absolute Gasteiger partial charge is 0.163 e. The quantitative estimate of drug-likeness (QED) is 0.715. The van der Waals surface area contributed by atoms with E-state index in [0.29, 0.717) is 5.92 Å². The van der Waals surface area contributed by atoms with Crippen LogP contribution in [-0.2, 0) is 13.0 Å². The largest absolute Gasteiger partial charge is 0.355 e. The highest BCUT2D eigenvalue weighted by molar-refractivity contribution is 5.90. The minimum atomic E-state index is 0.576. The first kappa shape index (κ1) is 18.7. The first-order valence-electron chi connectivity index (χ1n) is 10.6. The summed E-state index contributed by atoms with van der Waals surface area (Å²) in [6.45, 7) is 11.2. The number of nitrogens with zero attached hydrogens (tertiary/aromatic N) is 6. The van der Waals surface area contributed by atoms with Crippen LogP contribution in [0.5, 0.6) is 0 Å². The monoisotopic (exact) mass is 370 g/mol. The van der Waals surface area contributed by atoms with Gasteiger partial charge in [0.05, 0.1) is 11.1 Å². The van der Waals surface area contributed by atoms with Gasteiger partial charge in [-0.3, -0.25) is 0 Å². The fourth-order valence-corrected chi connectivity index (χ4v) is 4.81. The molecule has 2 aliphatic rings. The molecule has 1 unspecified atom stereocenters. The van der Waals surface area contributed by atoms with Gasteiger partial charge in [-0.15, -0.1) is 0 Å². The zero-order valence-electron chi connectivity index (χ0n) is 17.5. The predicted octanol–water partition coefficient (Wildman–Crippen LogP) is 3.07. The highest BCUT2D eigenvalue weighted by Gasteiger charge is 2.55. The number of aromatic nitrogens is 4. The number of anilines is 1. The lowest BCUT2D eigenvalue weighted by molar-refractivity contribution is 0.366. The maximum atomic E-state index is 4.96. The van der Waals surface area contributed by atoms with Crippen LogP contribution in [0.2, 0.25) is 0 Å².